The summed E-state index contributed by atoms with van der Waals surface area (Å²) in [5, 5.41) is 0. The van der Waals surface area contributed by atoms with Crippen LogP contribution in [-0.2, 0) is 5.54 Å². The van der Waals surface area contributed by atoms with Crippen molar-refractivity contribution >= 4 is 5.57 Å². The van der Waals surface area contributed by atoms with E-state index in [1.165, 1.54) is 48.9 Å². The minimum atomic E-state index is 0.0110. The van der Waals surface area contributed by atoms with E-state index in [1.54, 1.807) is 11.3 Å². The van der Waals surface area contributed by atoms with Gasteiger partial charge in [0.2, 0.25) is 11.7 Å². The Morgan fingerprint density at radius 1 is 1.15 bits per heavy atom. The normalized spacial score (nSPS) is 26.8. The van der Waals surface area contributed by atoms with Gasteiger partial charge in [-0.15, -0.1) is 9.36 Å². The first-order valence-corrected chi connectivity index (χ1v) is 11.1. The predicted octanol–water partition coefficient (Wildman–Crippen LogP) is 6.09. The summed E-state index contributed by atoms with van der Waals surface area (Å²) in [5.41, 5.74) is 7.29. The second kappa shape index (κ2) is 6.09. The lowest BCUT2D eigenvalue weighted by Crippen LogP contribution is -2.63. The maximum atomic E-state index is 4.61. The lowest BCUT2D eigenvalue weighted by molar-refractivity contribution is -0.816. The molecule has 27 heavy (non-hydrogen) atoms. The van der Waals surface area contributed by atoms with Gasteiger partial charge in [-0.25, -0.2) is 0 Å². The van der Waals surface area contributed by atoms with Gasteiger partial charge < -0.3 is 0 Å². The maximum absolute atomic E-state index is 4.61. The second-order valence-corrected chi connectivity index (χ2v) is 9.04. The van der Waals surface area contributed by atoms with Crippen molar-refractivity contribution in [3.8, 4) is 5.69 Å². The highest BCUT2D eigenvalue weighted by Gasteiger charge is 2.55. The summed E-state index contributed by atoms with van der Waals surface area (Å²) < 4.78 is 5.19. The smallest absolute Gasteiger partial charge is 0.123 e. The number of fused-ring (bicyclic) bond motifs is 9. The first kappa shape index (κ1) is 17.3. The van der Waals surface area contributed by atoms with E-state index in [1.807, 2.05) is 0 Å². The monoisotopic (exact) mass is 361 g/mol. The highest BCUT2D eigenvalue weighted by Crippen LogP contribution is 2.58. The largest absolute Gasteiger partial charge is 0.216 e. The van der Waals surface area contributed by atoms with Gasteiger partial charge >= 0.3 is 0 Å². The molecule has 0 spiro atoms. The molecule has 0 saturated heterocycles. The average Bonchev–Trinajstić information content (AvgIpc) is 3.38. The number of hydrogen-bond donors (Lipinski definition) is 0. The van der Waals surface area contributed by atoms with Crippen molar-refractivity contribution < 1.29 is 4.68 Å². The van der Waals surface area contributed by atoms with E-state index in [9.17, 15) is 0 Å². The van der Waals surface area contributed by atoms with Crippen molar-refractivity contribution in [1.82, 2.24) is 4.68 Å². The van der Waals surface area contributed by atoms with Gasteiger partial charge in [-0.3, -0.25) is 0 Å². The van der Waals surface area contributed by atoms with Gasteiger partial charge in [0.05, 0.1) is 5.69 Å². The van der Waals surface area contributed by atoms with Crippen LogP contribution < -0.4 is 4.68 Å². The number of para-hydroxylation sites is 1. The summed E-state index contributed by atoms with van der Waals surface area (Å²) in [4.78, 5) is 0. The Balaban J connectivity index is 1.71. The molecule has 3 atom stereocenters. The zero-order valence-corrected chi connectivity index (χ0v) is 17.2. The molecule has 2 bridgehead atoms. The molecule has 1 aromatic carbocycles. The van der Waals surface area contributed by atoms with Crippen molar-refractivity contribution in [1.29, 1.82) is 0 Å². The van der Waals surface area contributed by atoms with E-state index in [4.69, 9.17) is 0 Å². The molecule has 0 amide bonds. The van der Waals surface area contributed by atoms with Gasteiger partial charge in [-0.1, -0.05) is 58.4 Å². The number of aromatic nitrogens is 2. The molecular weight excluding hydrogens is 328 g/mol. The van der Waals surface area contributed by atoms with Crippen LogP contribution in [0.4, 0.5) is 0 Å². The van der Waals surface area contributed by atoms with E-state index < -0.39 is 0 Å². The molecule has 2 heteroatoms. The van der Waals surface area contributed by atoms with Gasteiger partial charge in [-0.05, 0) is 37.2 Å². The Labute approximate surface area is 163 Å². The number of rotatable bonds is 5. The predicted molar refractivity (Wildman–Crippen MR) is 111 cm³/mol. The molecule has 2 aromatic rings. The third-order valence-electron chi connectivity index (χ3n) is 8.04. The average molecular weight is 362 g/mol. The number of allylic oxidation sites excluding steroid dienone is 1. The van der Waals surface area contributed by atoms with Crippen LogP contribution in [0.15, 0.2) is 37.0 Å². The summed E-state index contributed by atoms with van der Waals surface area (Å²) in [6, 6.07) is 8.94. The van der Waals surface area contributed by atoms with Crippen molar-refractivity contribution in [2.45, 2.75) is 83.1 Å². The quantitative estimate of drug-likeness (QED) is 0.570. The maximum Gasteiger partial charge on any atom is 0.216 e. The standard InChI is InChI=1S/C25H33N2/c1-5-8-11-18-14-19-15-21(18)22-16-26-25(6-2,7-3)17(4)20-12-9-10-13-23(20)27(26)24(19)22/h9-10,12-13,16,18-19,21H,4-8,11,14-15H2,1-3H3/q+1. The van der Waals surface area contributed by atoms with E-state index in [0.717, 1.165) is 30.6 Å². The molecule has 0 N–H and O–H groups in total. The summed E-state index contributed by atoms with van der Waals surface area (Å²) >= 11 is 0. The van der Waals surface area contributed by atoms with Crippen LogP contribution >= 0.6 is 0 Å². The SMILES string of the molecule is C=C1c2ccccc2-n2c3c(c[n+]2C1(CC)CC)C1CC3CC1CCCC. The molecule has 3 aliphatic rings. The molecule has 3 unspecified atom stereocenters. The van der Waals surface area contributed by atoms with Crippen LogP contribution in [0.1, 0.15) is 94.4 Å². The van der Waals surface area contributed by atoms with Gasteiger partial charge in [-0.2, -0.15) is 0 Å². The van der Waals surface area contributed by atoms with Crippen LogP contribution in [0, 0.1) is 5.92 Å². The molecular formula is C25H33N2+. The topological polar surface area (TPSA) is 8.81 Å². The van der Waals surface area contributed by atoms with Crippen LogP contribution in [0.25, 0.3) is 11.3 Å². The first-order valence-electron chi connectivity index (χ1n) is 11.1. The molecule has 2 nitrogen and oxygen atoms in total. The Bertz CT molecular complexity index is 899. The molecule has 142 valence electrons. The van der Waals surface area contributed by atoms with Crippen molar-refractivity contribution in [3.63, 3.8) is 0 Å². The molecule has 1 fully saturated rings. The second-order valence-electron chi connectivity index (χ2n) is 9.04. The minimum absolute atomic E-state index is 0.0110. The van der Waals surface area contributed by atoms with Gasteiger partial charge in [0.25, 0.3) is 0 Å². The molecule has 1 saturated carbocycles. The molecule has 1 aliphatic heterocycles. The fraction of sp³-hybridized carbons (Fsp3) is 0.560. The van der Waals surface area contributed by atoms with Crippen LogP contribution in [0.3, 0.4) is 0 Å². The highest BCUT2D eigenvalue weighted by molar-refractivity contribution is 5.75. The Morgan fingerprint density at radius 2 is 1.93 bits per heavy atom. The van der Waals surface area contributed by atoms with E-state index in [-0.39, 0.29) is 5.54 Å². The van der Waals surface area contributed by atoms with Crippen LogP contribution in [0.2, 0.25) is 0 Å². The van der Waals surface area contributed by atoms with E-state index >= 15 is 0 Å². The molecule has 1 aromatic heterocycles. The molecule has 5 rings (SSSR count). The van der Waals surface area contributed by atoms with Crippen LogP contribution in [-0.4, -0.2) is 4.68 Å². The van der Waals surface area contributed by atoms with Crippen LogP contribution in [0.5, 0.6) is 0 Å². The van der Waals surface area contributed by atoms with Crippen molar-refractivity contribution in [3.05, 3.63) is 53.9 Å². The third-order valence-corrected chi connectivity index (χ3v) is 8.04. The lowest BCUT2D eigenvalue weighted by Gasteiger charge is -2.34. The zero-order valence-electron chi connectivity index (χ0n) is 17.2. The summed E-state index contributed by atoms with van der Waals surface area (Å²) in [7, 11) is 0. The summed E-state index contributed by atoms with van der Waals surface area (Å²) in [6.45, 7) is 11.6. The number of unbranched alkanes of at least 4 members (excludes halogenated alkanes) is 1. The summed E-state index contributed by atoms with van der Waals surface area (Å²) in [6.07, 6.45) is 11.6. The molecule has 2 heterocycles. The van der Waals surface area contributed by atoms with E-state index in [2.05, 4.69) is 67.2 Å². The van der Waals surface area contributed by atoms with Crippen molar-refractivity contribution in [2.24, 2.45) is 5.92 Å². The van der Waals surface area contributed by atoms with Gasteiger partial charge in [0, 0.05) is 35.5 Å². The fourth-order valence-electron chi connectivity index (χ4n) is 6.57. The van der Waals surface area contributed by atoms with Crippen molar-refractivity contribution in [2.75, 3.05) is 0 Å². The zero-order chi connectivity index (χ0) is 18.8. The van der Waals surface area contributed by atoms with Gasteiger partial charge in [0.15, 0.2) is 0 Å². The first-order chi connectivity index (χ1) is 13.2. The fourth-order valence-corrected chi connectivity index (χ4v) is 6.57. The minimum Gasteiger partial charge on any atom is -0.123 e. The Hall–Kier alpha value is -1.83. The van der Waals surface area contributed by atoms with E-state index in [0.29, 0.717) is 0 Å². The lowest BCUT2D eigenvalue weighted by atomic mass is 9.79. The summed E-state index contributed by atoms with van der Waals surface area (Å²) in [5.74, 6) is 2.44. The number of benzene rings is 1. The molecule has 2 aliphatic carbocycles. The van der Waals surface area contributed by atoms with Gasteiger partial charge in [0.1, 0.15) is 5.69 Å². The molecule has 0 radical (unpaired) electrons. The number of hydrogen-bond acceptors (Lipinski definition) is 0. The Kier molecular flexibility index (Phi) is 3.90. The Morgan fingerprint density at radius 3 is 2.67 bits per heavy atom. The highest BCUT2D eigenvalue weighted by atomic mass is 15.5. The number of nitrogens with zero attached hydrogens (tertiary/aromatic N) is 2. The third kappa shape index (κ3) is 2.10.